The molecular weight excluding hydrogens is 481 g/mol. The number of aromatic nitrogens is 1. The molecule has 1 amide bonds. The van der Waals surface area contributed by atoms with Crippen LogP contribution in [0.15, 0.2) is 42.6 Å². The number of pyridine rings is 1. The lowest BCUT2D eigenvalue weighted by atomic mass is 9.99. The minimum atomic E-state index is -4.72. The number of carbonyl (C=O) groups is 3. The topological polar surface area (TPSA) is 167 Å². The number of rotatable bonds is 5. The molecule has 0 bridgehead atoms. The maximum absolute atomic E-state index is 13.2. The van der Waals surface area contributed by atoms with Gasteiger partial charge < -0.3 is 29.9 Å². The largest absolute Gasteiger partial charge is 0.479 e. The van der Waals surface area contributed by atoms with E-state index in [4.69, 9.17) is 14.6 Å². The normalized spacial score (nSPS) is 24.5. The summed E-state index contributed by atoms with van der Waals surface area (Å²) in [5.74, 6) is -4.26. The lowest BCUT2D eigenvalue weighted by Gasteiger charge is -2.38. The first-order valence-corrected chi connectivity index (χ1v) is 9.89. The average Bonchev–Trinajstić information content (AvgIpc) is 2.79. The fraction of sp³-hybridized carbons (Fsp3) is 0.333. The van der Waals surface area contributed by atoms with Gasteiger partial charge in [-0.2, -0.15) is 13.2 Å². The molecule has 0 radical (unpaired) electrons. The lowest BCUT2D eigenvalue weighted by Crippen LogP contribution is -2.60. The van der Waals surface area contributed by atoms with Crippen molar-refractivity contribution in [1.82, 2.24) is 4.98 Å². The lowest BCUT2D eigenvalue weighted by molar-refractivity contribution is -0.278. The van der Waals surface area contributed by atoms with Crippen molar-refractivity contribution in [2.24, 2.45) is 0 Å². The van der Waals surface area contributed by atoms with E-state index >= 15 is 0 Å². The van der Waals surface area contributed by atoms with Crippen molar-refractivity contribution in [2.45, 2.75) is 43.8 Å². The van der Waals surface area contributed by atoms with Crippen LogP contribution in [0.1, 0.15) is 22.8 Å². The van der Waals surface area contributed by atoms with Gasteiger partial charge in [0.1, 0.15) is 23.9 Å². The van der Waals surface area contributed by atoms with Crippen molar-refractivity contribution in [2.75, 3.05) is 4.90 Å². The number of anilines is 2. The van der Waals surface area contributed by atoms with Crippen molar-refractivity contribution in [3.8, 4) is 0 Å². The standard InChI is InChI=1S/C21H19F3N2O9/c1-9(27)26(11-5-2-4-10(8-11)21(22,23)24)17-12(6-3-7-25-17)19(33)35-20-15(30)13(28)14(29)16(34-20)18(31)32/h2-8,13-16,20,28-30H,1H3,(H,31,32). The van der Waals surface area contributed by atoms with Crippen molar-refractivity contribution in [3.05, 3.63) is 53.7 Å². The predicted octanol–water partition coefficient (Wildman–Crippen LogP) is 0.834. The number of alkyl halides is 3. The number of amides is 1. The number of ether oxygens (including phenoxy) is 2. The van der Waals surface area contributed by atoms with Gasteiger partial charge in [-0.05, 0) is 30.3 Å². The Morgan fingerprint density at radius 2 is 1.74 bits per heavy atom. The summed E-state index contributed by atoms with van der Waals surface area (Å²) in [6, 6.07) is 6.07. The molecule has 0 saturated carbocycles. The molecule has 1 fully saturated rings. The number of halogens is 3. The number of aliphatic hydroxyl groups is 3. The van der Waals surface area contributed by atoms with E-state index in [0.29, 0.717) is 6.07 Å². The van der Waals surface area contributed by atoms with Gasteiger partial charge in [0.05, 0.1) is 11.3 Å². The molecule has 0 spiro atoms. The summed E-state index contributed by atoms with van der Waals surface area (Å²) in [5, 5.41) is 38.8. The third-order valence-corrected chi connectivity index (χ3v) is 5.00. The number of benzene rings is 1. The van der Waals surface area contributed by atoms with Crippen molar-refractivity contribution >= 4 is 29.4 Å². The van der Waals surface area contributed by atoms with Crippen molar-refractivity contribution in [1.29, 1.82) is 0 Å². The number of esters is 1. The van der Waals surface area contributed by atoms with Crippen LogP contribution < -0.4 is 4.90 Å². The summed E-state index contributed by atoms with van der Waals surface area (Å²) in [6.45, 7) is 1.02. The first kappa shape index (κ1) is 26.0. The molecule has 1 aliphatic heterocycles. The van der Waals surface area contributed by atoms with E-state index in [2.05, 4.69) is 4.98 Å². The molecule has 1 saturated heterocycles. The number of aliphatic hydroxyl groups excluding tert-OH is 3. The molecule has 3 rings (SSSR count). The monoisotopic (exact) mass is 500 g/mol. The van der Waals surface area contributed by atoms with E-state index in [-0.39, 0.29) is 5.69 Å². The molecule has 2 aromatic rings. The first-order chi connectivity index (χ1) is 16.3. The van der Waals surface area contributed by atoms with Gasteiger partial charge in [-0.25, -0.2) is 14.6 Å². The molecule has 1 aromatic carbocycles. The second-order valence-electron chi connectivity index (χ2n) is 7.42. The van der Waals surface area contributed by atoms with Crippen molar-refractivity contribution in [3.63, 3.8) is 0 Å². The van der Waals surface area contributed by atoms with Crippen LogP contribution >= 0.6 is 0 Å². The van der Waals surface area contributed by atoms with Crippen LogP contribution in [0.3, 0.4) is 0 Å². The molecule has 2 heterocycles. The minimum absolute atomic E-state index is 0.265. The van der Waals surface area contributed by atoms with Crippen LogP contribution in [0, 0.1) is 0 Å². The molecule has 4 N–H and O–H groups in total. The predicted molar refractivity (Wildman–Crippen MR) is 108 cm³/mol. The van der Waals surface area contributed by atoms with Crippen LogP contribution in [0.2, 0.25) is 0 Å². The van der Waals surface area contributed by atoms with E-state index in [0.717, 1.165) is 36.2 Å². The number of carboxylic acids is 1. The summed E-state index contributed by atoms with van der Waals surface area (Å²) in [5.41, 5.74) is -1.78. The highest BCUT2D eigenvalue weighted by Crippen LogP contribution is 2.34. The Morgan fingerprint density at radius 3 is 2.34 bits per heavy atom. The van der Waals surface area contributed by atoms with Crippen molar-refractivity contribution < 1.29 is 57.5 Å². The Labute approximate surface area is 194 Å². The Balaban J connectivity index is 1.96. The van der Waals surface area contributed by atoms with E-state index in [9.17, 15) is 42.9 Å². The van der Waals surface area contributed by atoms with E-state index in [1.165, 1.54) is 12.1 Å². The van der Waals surface area contributed by atoms with Crippen LogP contribution in [-0.2, 0) is 25.2 Å². The average molecular weight is 500 g/mol. The number of hydrogen-bond acceptors (Lipinski definition) is 9. The van der Waals surface area contributed by atoms with Gasteiger partial charge in [-0.15, -0.1) is 0 Å². The molecule has 0 aliphatic carbocycles. The summed E-state index contributed by atoms with van der Waals surface area (Å²) in [6.07, 6.45) is -13.8. The van der Waals surface area contributed by atoms with E-state index < -0.39 is 71.7 Å². The second kappa shape index (κ2) is 9.95. The third kappa shape index (κ3) is 5.40. The zero-order valence-electron chi connectivity index (χ0n) is 17.8. The van der Waals surface area contributed by atoms with Crippen LogP contribution in [0.25, 0.3) is 0 Å². The Hall–Kier alpha value is -3.59. The van der Waals surface area contributed by atoms with Gasteiger partial charge in [0, 0.05) is 13.1 Å². The highest BCUT2D eigenvalue weighted by Gasteiger charge is 2.48. The summed E-state index contributed by atoms with van der Waals surface area (Å²) >= 11 is 0. The number of hydrogen-bond donors (Lipinski definition) is 4. The quantitative estimate of drug-likeness (QED) is 0.432. The highest BCUT2D eigenvalue weighted by atomic mass is 19.4. The zero-order chi connectivity index (χ0) is 26.1. The molecule has 11 nitrogen and oxygen atoms in total. The molecule has 5 unspecified atom stereocenters. The number of nitrogens with zero attached hydrogens (tertiary/aromatic N) is 2. The SMILES string of the molecule is CC(=O)N(c1cccc(C(F)(F)F)c1)c1ncccc1C(=O)OC1OC(C(=O)O)C(O)C(O)C1O. The molecule has 5 atom stereocenters. The van der Waals surface area contributed by atoms with E-state index in [1.54, 1.807) is 0 Å². The van der Waals surface area contributed by atoms with Gasteiger partial charge in [0.2, 0.25) is 12.2 Å². The van der Waals surface area contributed by atoms with Gasteiger partial charge in [0.25, 0.3) is 0 Å². The zero-order valence-corrected chi connectivity index (χ0v) is 17.8. The van der Waals surface area contributed by atoms with Crippen LogP contribution in [0.5, 0.6) is 0 Å². The maximum Gasteiger partial charge on any atom is 0.416 e. The fourth-order valence-electron chi connectivity index (χ4n) is 3.33. The Kier molecular flexibility index (Phi) is 7.40. The van der Waals surface area contributed by atoms with Crippen LogP contribution in [-0.4, -0.2) is 74.0 Å². The molecule has 14 heteroatoms. The highest BCUT2D eigenvalue weighted by molar-refractivity contribution is 6.04. The Morgan fingerprint density at radius 1 is 1.06 bits per heavy atom. The molecule has 1 aliphatic rings. The first-order valence-electron chi connectivity index (χ1n) is 9.89. The van der Waals surface area contributed by atoms with Gasteiger partial charge >= 0.3 is 18.1 Å². The Bertz CT molecular complexity index is 1130. The molecule has 188 valence electrons. The smallest absolute Gasteiger partial charge is 0.416 e. The maximum atomic E-state index is 13.2. The number of aliphatic carboxylic acids is 1. The third-order valence-electron chi connectivity index (χ3n) is 5.00. The molecule has 35 heavy (non-hydrogen) atoms. The number of carboxylic acid groups (broad SMARTS) is 1. The second-order valence-corrected chi connectivity index (χ2v) is 7.42. The van der Waals surface area contributed by atoms with Crippen LogP contribution in [0.4, 0.5) is 24.7 Å². The molecule has 1 aromatic heterocycles. The summed E-state index contributed by atoms with van der Waals surface area (Å²) < 4.78 is 49.4. The molecular formula is C21H19F3N2O9. The van der Waals surface area contributed by atoms with Gasteiger partial charge in [0.15, 0.2) is 11.9 Å². The minimum Gasteiger partial charge on any atom is -0.479 e. The summed E-state index contributed by atoms with van der Waals surface area (Å²) in [7, 11) is 0. The van der Waals surface area contributed by atoms with E-state index in [1.807, 2.05) is 0 Å². The summed E-state index contributed by atoms with van der Waals surface area (Å²) in [4.78, 5) is 41.1. The van der Waals surface area contributed by atoms with Gasteiger partial charge in [-0.3, -0.25) is 9.69 Å². The number of carbonyl (C=O) groups excluding carboxylic acids is 2. The van der Waals surface area contributed by atoms with Gasteiger partial charge in [-0.1, -0.05) is 6.07 Å². The fourth-order valence-corrected chi connectivity index (χ4v) is 3.33.